The molecule has 1 saturated heterocycles. The van der Waals surface area contributed by atoms with Gasteiger partial charge in [0.15, 0.2) is 12.0 Å². The second-order valence-electron chi connectivity index (χ2n) is 6.38. The van der Waals surface area contributed by atoms with Crippen LogP contribution in [0.15, 0.2) is 28.9 Å². The zero-order valence-electron chi connectivity index (χ0n) is 16.6. The Kier molecular flexibility index (Phi) is 7.99. The summed E-state index contributed by atoms with van der Waals surface area (Å²) in [6, 6.07) is 5.82. The summed E-state index contributed by atoms with van der Waals surface area (Å²) < 4.78 is 18.9. The van der Waals surface area contributed by atoms with E-state index in [1.807, 2.05) is 32.0 Å². The van der Waals surface area contributed by atoms with Gasteiger partial charge in [0.2, 0.25) is 0 Å². The Hall–Kier alpha value is -2.01. The Morgan fingerprint density at radius 3 is 2.69 bits per heavy atom. The molecule has 2 aromatic rings. The monoisotopic (exact) mass is 467 g/mol. The molecule has 29 heavy (non-hydrogen) atoms. The lowest BCUT2D eigenvalue weighted by Crippen LogP contribution is -2.36. The largest absolute Gasteiger partial charge is 0.378 e. The highest BCUT2D eigenvalue weighted by atomic mass is 79.9. The van der Waals surface area contributed by atoms with Crippen molar-refractivity contribution in [2.24, 2.45) is 0 Å². The second kappa shape index (κ2) is 10.7. The Bertz CT molecular complexity index is 804. The van der Waals surface area contributed by atoms with Gasteiger partial charge in [0.25, 0.3) is 5.91 Å². The molecule has 1 aromatic carbocycles. The molecule has 0 radical (unpaired) electrons. The van der Waals surface area contributed by atoms with E-state index in [1.54, 1.807) is 10.9 Å². The fourth-order valence-corrected chi connectivity index (χ4v) is 3.41. The van der Waals surface area contributed by atoms with Crippen LogP contribution in [0.5, 0.6) is 0 Å². The average molecular weight is 468 g/mol. The van der Waals surface area contributed by atoms with Crippen LogP contribution in [0.3, 0.4) is 0 Å². The first kappa shape index (κ1) is 21.7. The molecule has 9 nitrogen and oxygen atoms in total. The third kappa shape index (κ3) is 5.99. The van der Waals surface area contributed by atoms with Crippen LogP contribution in [-0.4, -0.2) is 66.7 Å². The highest BCUT2D eigenvalue weighted by molar-refractivity contribution is 9.10. The molecule has 0 atom stereocenters. The molecule has 1 aliphatic heterocycles. The van der Waals surface area contributed by atoms with Crippen LogP contribution in [0.4, 0.5) is 11.4 Å². The number of carbonyl (C=O) groups excluding carboxylic acids is 1. The van der Waals surface area contributed by atoms with E-state index in [-0.39, 0.29) is 11.6 Å². The zero-order valence-corrected chi connectivity index (χ0v) is 18.2. The van der Waals surface area contributed by atoms with E-state index >= 15 is 0 Å². The SMILES string of the molecule is CCOC(Cn1cc(C(=O)Nc2cc(Br)ccc2N2CCOCC2)nn1)OCC. The Balaban J connectivity index is 1.70. The van der Waals surface area contributed by atoms with Gasteiger partial charge in [0, 0.05) is 30.8 Å². The number of halogens is 1. The van der Waals surface area contributed by atoms with Crippen LogP contribution in [0, 0.1) is 0 Å². The van der Waals surface area contributed by atoms with E-state index in [9.17, 15) is 4.79 Å². The van der Waals surface area contributed by atoms with E-state index in [1.165, 1.54) is 0 Å². The number of morpholine rings is 1. The number of hydrogen-bond acceptors (Lipinski definition) is 7. The fourth-order valence-electron chi connectivity index (χ4n) is 3.04. The van der Waals surface area contributed by atoms with Crippen molar-refractivity contribution < 1.29 is 19.0 Å². The molecule has 1 amide bonds. The molecular formula is C19H26BrN5O4. The number of aromatic nitrogens is 3. The number of nitrogens with zero attached hydrogens (tertiary/aromatic N) is 4. The van der Waals surface area contributed by atoms with Crippen molar-refractivity contribution in [1.82, 2.24) is 15.0 Å². The maximum atomic E-state index is 12.8. The number of hydrogen-bond donors (Lipinski definition) is 1. The third-order valence-electron chi connectivity index (χ3n) is 4.37. The lowest BCUT2D eigenvalue weighted by atomic mass is 10.2. The number of rotatable bonds is 9. The minimum absolute atomic E-state index is 0.227. The minimum atomic E-state index is -0.430. The van der Waals surface area contributed by atoms with Gasteiger partial charge in [-0.25, -0.2) is 4.68 Å². The van der Waals surface area contributed by atoms with Crippen LogP contribution >= 0.6 is 15.9 Å². The number of ether oxygens (including phenoxy) is 3. The first-order chi connectivity index (χ1) is 14.1. The Morgan fingerprint density at radius 1 is 1.28 bits per heavy atom. The predicted octanol–water partition coefficient (Wildman–Crippen LogP) is 2.53. The lowest BCUT2D eigenvalue weighted by molar-refractivity contribution is -0.145. The lowest BCUT2D eigenvalue weighted by Gasteiger charge is -2.30. The molecule has 10 heteroatoms. The third-order valence-corrected chi connectivity index (χ3v) is 4.86. The molecule has 0 saturated carbocycles. The Morgan fingerprint density at radius 2 is 2.00 bits per heavy atom. The van der Waals surface area contributed by atoms with Gasteiger partial charge in [-0.05, 0) is 32.0 Å². The van der Waals surface area contributed by atoms with E-state index < -0.39 is 6.29 Å². The van der Waals surface area contributed by atoms with Gasteiger partial charge in [-0.1, -0.05) is 21.1 Å². The van der Waals surface area contributed by atoms with Crippen molar-refractivity contribution in [3.8, 4) is 0 Å². The number of anilines is 2. The molecule has 3 rings (SSSR count). The van der Waals surface area contributed by atoms with Crippen LogP contribution in [0.1, 0.15) is 24.3 Å². The highest BCUT2D eigenvalue weighted by Crippen LogP contribution is 2.30. The molecule has 1 aromatic heterocycles. The predicted molar refractivity (Wildman–Crippen MR) is 112 cm³/mol. The minimum Gasteiger partial charge on any atom is -0.378 e. The maximum absolute atomic E-state index is 12.8. The van der Waals surface area contributed by atoms with E-state index in [2.05, 4.69) is 36.5 Å². The standard InChI is InChI=1S/C19H26BrN5O4/c1-3-28-18(29-4-2)13-25-12-16(22-23-25)19(26)21-15-11-14(20)5-6-17(15)24-7-9-27-10-8-24/h5-6,11-12,18H,3-4,7-10,13H2,1-2H3,(H,21,26). The number of nitrogens with one attached hydrogen (secondary N) is 1. The summed E-state index contributed by atoms with van der Waals surface area (Å²) >= 11 is 3.47. The van der Waals surface area contributed by atoms with Gasteiger partial charge in [0.1, 0.15) is 0 Å². The van der Waals surface area contributed by atoms with Crippen molar-refractivity contribution in [2.45, 2.75) is 26.7 Å². The van der Waals surface area contributed by atoms with E-state index in [4.69, 9.17) is 14.2 Å². The summed E-state index contributed by atoms with van der Waals surface area (Å²) in [4.78, 5) is 15.0. The van der Waals surface area contributed by atoms with Gasteiger partial charge in [0.05, 0.1) is 37.3 Å². The molecule has 0 bridgehead atoms. The average Bonchev–Trinajstić information content (AvgIpc) is 3.18. The summed E-state index contributed by atoms with van der Waals surface area (Å²) in [5, 5.41) is 11.0. The summed E-state index contributed by atoms with van der Waals surface area (Å²) in [7, 11) is 0. The summed E-state index contributed by atoms with van der Waals surface area (Å²) in [5.41, 5.74) is 1.89. The summed E-state index contributed by atoms with van der Waals surface area (Å²) in [6.45, 7) is 8.09. The molecule has 1 aliphatic rings. The topological polar surface area (TPSA) is 90.7 Å². The van der Waals surface area contributed by atoms with Gasteiger partial charge in [-0.2, -0.15) is 0 Å². The molecule has 0 unspecified atom stereocenters. The van der Waals surface area contributed by atoms with Gasteiger partial charge < -0.3 is 24.4 Å². The maximum Gasteiger partial charge on any atom is 0.277 e. The smallest absolute Gasteiger partial charge is 0.277 e. The van der Waals surface area contributed by atoms with Crippen molar-refractivity contribution in [1.29, 1.82) is 0 Å². The Labute approximate surface area is 178 Å². The molecule has 1 N–H and O–H groups in total. The summed E-state index contributed by atoms with van der Waals surface area (Å²) in [5.74, 6) is -0.326. The van der Waals surface area contributed by atoms with Crippen LogP contribution < -0.4 is 10.2 Å². The quantitative estimate of drug-likeness (QED) is 0.566. The highest BCUT2D eigenvalue weighted by Gasteiger charge is 2.19. The van der Waals surface area contributed by atoms with Crippen molar-refractivity contribution in [2.75, 3.05) is 49.7 Å². The van der Waals surface area contributed by atoms with Crippen molar-refractivity contribution >= 4 is 33.2 Å². The number of carbonyl (C=O) groups is 1. The molecule has 1 fully saturated rings. The molecular weight excluding hydrogens is 442 g/mol. The van der Waals surface area contributed by atoms with Crippen LogP contribution in [0.25, 0.3) is 0 Å². The van der Waals surface area contributed by atoms with Crippen LogP contribution in [-0.2, 0) is 20.8 Å². The van der Waals surface area contributed by atoms with Gasteiger partial charge >= 0.3 is 0 Å². The number of amides is 1. The van der Waals surface area contributed by atoms with E-state index in [0.717, 1.165) is 23.2 Å². The van der Waals surface area contributed by atoms with Crippen molar-refractivity contribution in [3.05, 3.63) is 34.6 Å². The molecule has 0 spiro atoms. The zero-order chi connectivity index (χ0) is 20.6. The van der Waals surface area contributed by atoms with Crippen LogP contribution in [0.2, 0.25) is 0 Å². The molecule has 0 aliphatic carbocycles. The second-order valence-corrected chi connectivity index (χ2v) is 7.30. The van der Waals surface area contributed by atoms with E-state index in [0.29, 0.717) is 38.7 Å². The first-order valence-electron chi connectivity index (χ1n) is 9.67. The van der Waals surface area contributed by atoms with Crippen molar-refractivity contribution in [3.63, 3.8) is 0 Å². The molecule has 158 valence electrons. The van der Waals surface area contributed by atoms with Gasteiger partial charge in [-0.15, -0.1) is 5.10 Å². The number of benzene rings is 1. The summed E-state index contributed by atoms with van der Waals surface area (Å²) in [6.07, 6.45) is 1.16. The molecule has 2 heterocycles. The first-order valence-corrected chi connectivity index (χ1v) is 10.5. The normalized spacial score (nSPS) is 14.4. The van der Waals surface area contributed by atoms with Gasteiger partial charge in [-0.3, -0.25) is 4.79 Å². The fraction of sp³-hybridized carbons (Fsp3) is 0.526.